The molecule has 2 aliphatic rings. The fourth-order valence-corrected chi connectivity index (χ4v) is 4.72. The highest BCUT2D eigenvalue weighted by Gasteiger charge is 2.28. The molecule has 0 bridgehead atoms. The van der Waals surface area contributed by atoms with Crippen molar-refractivity contribution in [3.63, 3.8) is 0 Å². The van der Waals surface area contributed by atoms with Gasteiger partial charge in [-0.05, 0) is 74.3 Å². The number of amides is 1. The number of hydrogen-bond donors (Lipinski definition) is 3. The summed E-state index contributed by atoms with van der Waals surface area (Å²) in [5.41, 5.74) is 8.48. The van der Waals surface area contributed by atoms with Crippen LogP contribution in [0.3, 0.4) is 0 Å². The molecule has 0 spiro atoms. The van der Waals surface area contributed by atoms with Crippen LogP contribution in [-0.4, -0.2) is 52.5 Å². The average molecular weight is 466 g/mol. The Kier molecular flexibility index (Phi) is 6.52. The zero-order valence-corrected chi connectivity index (χ0v) is 19.5. The minimum atomic E-state index is -0.724. The third-order valence-corrected chi connectivity index (χ3v) is 6.89. The van der Waals surface area contributed by atoms with E-state index < -0.39 is 11.9 Å². The van der Waals surface area contributed by atoms with Crippen molar-refractivity contribution in [1.82, 2.24) is 20.2 Å². The van der Waals surface area contributed by atoms with Crippen LogP contribution in [0.25, 0.3) is 11.0 Å². The van der Waals surface area contributed by atoms with E-state index >= 15 is 0 Å². The van der Waals surface area contributed by atoms with Gasteiger partial charge in [0.05, 0.1) is 11.4 Å². The molecule has 1 saturated heterocycles. The number of nitrogens with two attached hydrogens (primary N) is 1. The highest BCUT2D eigenvalue weighted by Crippen LogP contribution is 2.33. The van der Waals surface area contributed by atoms with Crippen molar-refractivity contribution in [2.24, 2.45) is 11.7 Å². The lowest BCUT2D eigenvalue weighted by Crippen LogP contribution is -2.50. The molecular formula is C26H32FN5O2. The number of likely N-dealkylation sites (tertiary alicyclic amines) is 1. The number of carbonyl (C=O) groups excluding carboxylic acids is 1. The number of fused-ring (bicyclic) bond motifs is 1. The Morgan fingerprint density at radius 3 is 2.79 bits per heavy atom. The number of benzene rings is 1. The first-order chi connectivity index (χ1) is 16.5. The number of piperidine rings is 1. The SMILES string of the molecule is Cc1c[nH]c2nccc(Oc3ccc(C[C@H](N)C(=O)NC4CCN(CC5CC5)CC4)cc3F)c12. The number of hydrogen-bond acceptors (Lipinski definition) is 5. The van der Waals surface area contributed by atoms with Gasteiger partial charge in [0.15, 0.2) is 11.6 Å². The van der Waals surface area contributed by atoms with Gasteiger partial charge in [-0.15, -0.1) is 0 Å². The van der Waals surface area contributed by atoms with Gasteiger partial charge >= 0.3 is 0 Å². The van der Waals surface area contributed by atoms with E-state index in [2.05, 4.69) is 20.2 Å². The van der Waals surface area contributed by atoms with Crippen LogP contribution in [0.2, 0.25) is 0 Å². The Labute approximate surface area is 198 Å². The maximum atomic E-state index is 14.8. The second-order valence-electron chi connectivity index (χ2n) is 9.71. The molecule has 1 aliphatic heterocycles. The number of pyridine rings is 1. The minimum Gasteiger partial charge on any atom is -0.453 e. The number of halogens is 1. The van der Waals surface area contributed by atoms with E-state index in [1.807, 2.05) is 13.1 Å². The summed E-state index contributed by atoms with van der Waals surface area (Å²) in [6, 6.07) is 5.88. The molecule has 34 heavy (non-hydrogen) atoms. The molecule has 4 N–H and O–H groups in total. The molecule has 1 amide bonds. The van der Waals surface area contributed by atoms with Crippen molar-refractivity contribution in [3.8, 4) is 11.5 Å². The molecule has 1 saturated carbocycles. The standard InChI is InChI=1S/C26H32FN5O2/c1-16-14-30-25-24(16)23(6-9-29-25)34-22-5-4-18(12-20(22)27)13-21(28)26(33)31-19-7-10-32(11-8-19)15-17-2-3-17/h4-6,9,12,14,17,19,21H,2-3,7-8,10-11,13,15,28H2,1H3,(H,29,30)(H,31,33)/t21-/m0/s1. The third kappa shape index (κ3) is 5.23. The largest absolute Gasteiger partial charge is 0.453 e. The van der Waals surface area contributed by atoms with Gasteiger partial charge in [-0.1, -0.05) is 6.07 Å². The molecule has 1 aromatic carbocycles. The van der Waals surface area contributed by atoms with Gasteiger partial charge in [-0.25, -0.2) is 9.37 Å². The third-order valence-electron chi connectivity index (χ3n) is 6.89. The van der Waals surface area contributed by atoms with E-state index in [-0.39, 0.29) is 24.1 Å². The summed E-state index contributed by atoms with van der Waals surface area (Å²) in [6.07, 6.45) is 8.35. The van der Waals surface area contributed by atoms with Crippen LogP contribution in [0, 0.1) is 18.7 Å². The van der Waals surface area contributed by atoms with E-state index in [1.165, 1.54) is 25.5 Å². The molecule has 3 aromatic rings. The summed E-state index contributed by atoms with van der Waals surface area (Å²) in [7, 11) is 0. The van der Waals surface area contributed by atoms with Crippen molar-refractivity contribution >= 4 is 16.9 Å². The van der Waals surface area contributed by atoms with E-state index in [9.17, 15) is 9.18 Å². The molecule has 3 heterocycles. The molecule has 180 valence electrons. The van der Waals surface area contributed by atoms with Crippen LogP contribution in [0.4, 0.5) is 4.39 Å². The first-order valence-electron chi connectivity index (χ1n) is 12.1. The number of aryl methyl sites for hydroxylation is 1. The zero-order chi connectivity index (χ0) is 23.7. The van der Waals surface area contributed by atoms with E-state index in [1.54, 1.807) is 24.4 Å². The molecule has 5 rings (SSSR count). The maximum Gasteiger partial charge on any atom is 0.237 e. The lowest BCUT2D eigenvalue weighted by Gasteiger charge is -2.32. The lowest BCUT2D eigenvalue weighted by molar-refractivity contribution is -0.123. The van der Waals surface area contributed by atoms with E-state index in [0.29, 0.717) is 17.0 Å². The molecule has 7 nitrogen and oxygen atoms in total. The Morgan fingerprint density at radius 2 is 2.06 bits per heavy atom. The second kappa shape index (κ2) is 9.72. The monoisotopic (exact) mass is 465 g/mol. The molecule has 8 heteroatoms. The van der Waals surface area contributed by atoms with Gasteiger partial charge < -0.3 is 25.7 Å². The Hall–Kier alpha value is -2.97. The Morgan fingerprint density at radius 1 is 1.26 bits per heavy atom. The number of H-pyrrole nitrogens is 1. The van der Waals surface area contributed by atoms with Crippen molar-refractivity contribution in [1.29, 1.82) is 0 Å². The Bertz CT molecular complexity index is 1170. The number of aromatic nitrogens is 2. The number of aromatic amines is 1. The molecule has 0 unspecified atom stereocenters. The van der Waals surface area contributed by atoms with Crippen molar-refractivity contribution < 1.29 is 13.9 Å². The summed E-state index contributed by atoms with van der Waals surface area (Å²) in [5.74, 6) is 0.873. The van der Waals surface area contributed by atoms with Gasteiger partial charge in [0.25, 0.3) is 0 Å². The summed E-state index contributed by atoms with van der Waals surface area (Å²) in [5, 5.41) is 3.91. The van der Waals surface area contributed by atoms with E-state index in [4.69, 9.17) is 10.5 Å². The van der Waals surface area contributed by atoms with Crippen LogP contribution < -0.4 is 15.8 Å². The number of rotatable bonds is 8. The summed E-state index contributed by atoms with van der Waals surface area (Å²) in [4.78, 5) is 22.5. The van der Waals surface area contributed by atoms with Crippen LogP contribution in [0.5, 0.6) is 11.5 Å². The minimum absolute atomic E-state index is 0.118. The molecule has 2 aromatic heterocycles. The maximum absolute atomic E-state index is 14.8. The first-order valence-corrected chi connectivity index (χ1v) is 12.1. The smallest absolute Gasteiger partial charge is 0.237 e. The normalized spacial score (nSPS) is 18.2. The lowest BCUT2D eigenvalue weighted by atomic mass is 10.0. The van der Waals surface area contributed by atoms with Crippen LogP contribution in [0.15, 0.2) is 36.7 Å². The summed E-state index contributed by atoms with van der Waals surface area (Å²) < 4.78 is 20.7. The number of nitrogens with zero attached hydrogens (tertiary/aromatic N) is 2. The van der Waals surface area contributed by atoms with Crippen molar-refractivity contribution in [2.45, 2.75) is 51.1 Å². The van der Waals surface area contributed by atoms with Gasteiger partial charge in [0.1, 0.15) is 11.4 Å². The van der Waals surface area contributed by atoms with Crippen molar-refractivity contribution in [2.75, 3.05) is 19.6 Å². The molecule has 2 fully saturated rings. The van der Waals surface area contributed by atoms with Gasteiger partial charge in [-0.2, -0.15) is 0 Å². The molecule has 0 radical (unpaired) electrons. The fraction of sp³-hybridized carbons (Fsp3) is 0.462. The highest BCUT2D eigenvalue weighted by molar-refractivity contribution is 5.86. The highest BCUT2D eigenvalue weighted by atomic mass is 19.1. The van der Waals surface area contributed by atoms with Gasteiger partial charge in [0.2, 0.25) is 5.91 Å². The topological polar surface area (TPSA) is 96.3 Å². The summed E-state index contributed by atoms with van der Waals surface area (Å²) >= 11 is 0. The zero-order valence-electron chi connectivity index (χ0n) is 19.5. The molecular weight excluding hydrogens is 433 g/mol. The van der Waals surface area contributed by atoms with Crippen LogP contribution in [0.1, 0.15) is 36.8 Å². The summed E-state index contributed by atoms with van der Waals surface area (Å²) in [6.45, 7) is 5.18. The number of nitrogens with one attached hydrogen (secondary N) is 2. The van der Waals surface area contributed by atoms with Crippen LogP contribution in [-0.2, 0) is 11.2 Å². The second-order valence-corrected chi connectivity index (χ2v) is 9.71. The van der Waals surface area contributed by atoms with Crippen LogP contribution >= 0.6 is 0 Å². The average Bonchev–Trinajstić information content (AvgIpc) is 3.56. The number of carbonyl (C=O) groups is 1. The quantitative estimate of drug-likeness (QED) is 0.472. The van der Waals surface area contributed by atoms with Gasteiger partial charge in [-0.3, -0.25) is 4.79 Å². The predicted molar refractivity (Wildman–Crippen MR) is 129 cm³/mol. The molecule has 1 atom stereocenters. The predicted octanol–water partition coefficient (Wildman–Crippen LogP) is 3.66. The van der Waals surface area contributed by atoms with E-state index in [0.717, 1.165) is 42.8 Å². The van der Waals surface area contributed by atoms with Gasteiger partial charge in [0, 0.05) is 38.1 Å². The number of ether oxygens (including phenoxy) is 1. The van der Waals surface area contributed by atoms with Crippen molar-refractivity contribution in [3.05, 3.63) is 53.6 Å². The molecule has 1 aliphatic carbocycles. The first kappa shape index (κ1) is 22.8. The fourth-order valence-electron chi connectivity index (χ4n) is 4.72. The Balaban J connectivity index is 1.16.